The highest BCUT2D eigenvalue weighted by atomic mass is 16.7. The topological polar surface area (TPSA) is 59.0 Å². The van der Waals surface area contributed by atoms with Crippen LogP contribution in [-0.4, -0.2) is 36.9 Å². The van der Waals surface area contributed by atoms with Gasteiger partial charge in [-0.1, -0.05) is 18.2 Å². The second kappa shape index (κ2) is 5.37. The lowest BCUT2D eigenvalue weighted by Crippen LogP contribution is -2.34. The molecule has 0 aliphatic carbocycles. The molecule has 18 heavy (non-hydrogen) atoms. The summed E-state index contributed by atoms with van der Waals surface area (Å²) in [5, 5.41) is 8.97. The first kappa shape index (κ1) is 12.9. The molecule has 0 aromatic heterocycles. The number of hydrogen-bond acceptors (Lipinski definition) is 3. The van der Waals surface area contributed by atoms with Crippen LogP contribution in [0.5, 0.6) is 0 Å². The fourth-order valence-electron chi connectivity index (χ4n) is 2.25. The van der Waals surface area contributed by atoms with Crippen LogP contribution in [0, 0.1) is 0 Å². The normalized spacial score (nSPS) is 14.7. The van der Waals surface area contributed by atoms with Gasteiger partial charge in [0.05, 0.1) is 0 Å². The number of carbonyl (C=O) groups is 1. The monoisotopic (exact) mass is 251 g/mol. The Morgan fingerprint density at radius 2 is 2.06 bits per heavy atom. The molecule has 1 amide bonds. The molecular formula is C13H17NO4. The van der Waals surface area contributed by atoms with Crippen molar-refractivity contribution in [2.45, 2.75) is 19.3 Å². The summed E-state index contributed by atoms with van der Waals surface area (Å²) in [6, 6.07) is 5.90. The van der Waals surface area contributed by atoms with Crippen molar-refractivity contribution in [1.29, 1.82) is 0 Å². The van der Waals surface area contributed by atoms with Crippen LogP contribution in [0.1, 0.15) is 23.0 Å². The van der Waals surface area contributed by atoms with Crippen LogP contribution in [0.25, 0.3) is 0 Å². The molecule has 1 aromatic carbocycles. The number of hydrogen-bond donors (Lipinski definition) is 1. The number of amides is 1. The number of benzene rings is 1. The third-order valence-corrected chi connectivity index (χ3v) is 3.21. The zero-order valence-electron chi connectivity index (χ0n) is 10.5. The van der Waals surface area contributed by atoms with Crippen molar-refractivity contribution < 1.29 is 19.4 Å². The van der Waals surface area contributed by atoms with E-state index in [4.69, 9.17) is 14.6 Å². The van der Waals surface area contributed by atoms with Crippen LogP contribution in [0.3, 0.4) is 0 Å². The summed E-state index contributed by atoms with van der Waals surface area (Å²) >= 11 is 0. The van der Waals surface area contributed by atoms with Gasteiger partial charge in [-0.05, 0) is 17.5 Å². The Labute approximate surface area is 106 Å². The van der Waals surface area contributed by atoms with E-state index in [1.807, 2.05) is 18.2 Å². The average Bonchev–Trinajstić information content (AvgIpc) is 2.39. The van der Waals surface area contributed by atoms with Crippen LogP contribution >= 0.6 is 0 Å². The molecule has 1 aromatic rings. The van der Waals surface area contributed by atoms with E-state index in [0.717, 1.165) is 17.5 Å². The maximum absolute atomic E-state index is 10.9. The van der Waals surface area contributed by atoms with Crippen molar-refractivity contribution in [3.63, 3.8) is 0 Å². The van der Waals surface area contributed by atoms with Crippen molar-refractivity contribution in [2.75, 3.05) is 20.8 Å². The highest BCUT2D eigenvalue weighted by Gasteiger charge is 2.21. The maximum atomic E-state index is 10.9. The summed E-state index contributed by atoms with van der Waals surface area (Å²) in [5.41, 5.74) is 3.19. The van der Waals surface area contributed by atoms with Crippen LogP contribution in [0.4, 0.5) is 4.79 Å². The predicted molar refractivity (Wildman–Crippen MR) is 65.3 cm³/mol. The molecule has 1 aliphatic heterocycles. The zero-order valence-corrected chi connectivity index (χ0v) is 10.5. The highest BCUT2D eigenvalue weighted by molar-refractivity contribution is 5.65. The summed E-state index contributed by atoms with van der Waals surface area (Å²) in [6.45, 7) is 0.992. The quantitative estimate of drug-likeness (QED) is 0.835. The Morgan fingerprint density at radius 3 is 2.67 bits per heavy atom. The van der Waals surface area contributed by atoms with Crippen molar-refractivity contribution in [2.24, 2.45) is 0 Å². The van der Waals surface area contributed by atoms with Crippen molar-refractivity contribution in [3.05, 3.63) is 34.9 Å². The summed E-state index contributed by atoms with van der Waals surface area (Å²) < 4.78 is 10.4. The average molecular weight is 251 g/mol. The molecule has 98 valence electrons. The first-order valence-electron chi connectivity index (χ1n) is 5.81. The van der Waals surface area contributed by atoms with Gasteiger partial charge in [-0.25, -0.2) is 4.79 Å². The Morgan fingerprint density at radius 1 is 1.33 bits per heavy atom. The van der Waals surface area contributed by atoms with Gasteiger partial charge in [0, 0.05) is 32.9 Å². The van der Waals surface area contributed by atoms with Gasteiger partial charge in [-0.3, -0.25) is 0 Å². The molecule has 1 heterocycles. The maximum Gasteiger partial charge on any atom is 0.407 e. The summed E-state index contributed by atoms with van der Waals surface area (Å²) in [6.07, 6.45) is -0.500. The third-order valence-electron chi connectivity index (χ3n) is 3.21. The van der Waals surface area contributed by atoms with Crippen LogP contribution in [0.2, 0.25) is 0 Å². The molecule has 0 saturated heterocycles. The van der Waals surface area contributed by atoms with Gasteiger partial charge in [0.1, 0.15) is 0 Å². The Bertz CT molecular complexity index is 443. The number of rotatable bonds is 3. The molecule has 1 aliphatic rings. The summed E-state index contributed by atoms with van der Waals surface area (Å²) in [7, 11) is 3.19. The Hall–Kier alpha value is -1.59. The minimum atomic E-state index is -0.864. The molecule has 0 unspecified atom stereocenters. The van der Waals surface area contributed by atoms with E-state index in [2.05, 4.69) is 0 Å². The predicted octanol–water partition coefficient (Wildman–Crippen LogP) is 2.01. The lowest BCUT2D eigenvalue weighted by Gasteiger charge is -2.27. The first-order chi connectivity index (χ1) is 8.65. The molecule has 0 atom stereocenters. The van der Waals surface area contributed by atoms with Gasteiger partial charge in [-0.15, -0.1) is 0 Å². The van der Waals surface area contributed by atoms with Gasteiger partial charge < -0.3 is 19.5 Å². The second-order valence-corrected chi connectivity index (χ2v) is 4.29. The van der Waals surface area contributed by atoms with Crippen LogP contribution in [0.15, 0.2) is 18.2 Å². The molecule has 0 bridgehead atoms. The fraction of sp³-hybridized carbons (Fsp3) is 0.462. The summed E-state index contributed by atoms with van der Waals surface area (Å²) in [4.78, 5) is 12.3. The zero-order chi connectivity index (χ0) is 13.1. The molecule has 0 saturated carbocycles. The molecule has 5 nitrogen and oxygen atoms in total. The largest absolute Gasteiger partial charge is 0.465 e. The van der Waals surface area contributed by atoms with Gasteiger partial charge in [-0.2, -0.15) is 0 Å². The molecule has 2 rings (SSSR count). The van der Waals surface area contributed by atoms with Crippen LogP contribution < -0.4 is 0 Å². The highest BCUT2D eigenvalue weighted by Crippen LogP contribution is 2.25. The Balaban J connectivity index is 2.22. The van der Waals surface area contributed by atoms with Crippen molar-refractivity contribution in [3.8, 4) is 0 Å². The smallest absolute Gasteiger partial charge is 0.407 e. The number of carboxylic acid groups (broad SMARTS) is 1. The van der Waals surface area contributed by atoms with E-state index < -0.39 is 6.09 Å². The van der Waals surface area contributed by atoms with E-state index in [0.29, 0.717) is 13.1 Å². The molecule has 0 radical (unpaired) electrons. The summed E-state index contributed by atoms with van der Waals surface area (Å²) in [5.74, 6) is 0. The molecular weight excluding hydrogens is 234 g/mol. The molecule has 1 N–H and O–H groups in total. The third kappa shape index (κ3) is 2.47. The lowest BCUT2D eigenvalue weighted by molar-refractivity contribution is -0.106. The molecule has 0 spiro atoms. The first-order valence-corrected chi connectivity index (χ1v) is 5.81. The van der Waals surface area contributed by atoms with Gasteiger partial charge in [0.15, 0.2) is 6.29 Å². The SMILES string of the molecule is COC(OC)c1ccc2c(c1)CCN(C(=O)O)C2. The number of nitrogens with zero attached hydrogens (tertiary/aromatic N) is 1. The Kier molecular flexibility index (Phi) is 3.84. The van der Waals surface area contributed by atoms with E-state index in [9.17, 15) is 4.79 Å². The van der Waals surface area contributed by atoms with E-state index in [1.54, 1.807) is 14.2 Å². The number of fused-ring (bicyclic) bond motifs is 1. The number of ether oxygens (including phenoxy) is 2. The number of methoxy groups -OCH3 is 2. The van der Waals surface area contributed by atoms with Crippen LogP contribution in [-0.2, 0) is 22.4 Å². The van der Waals surface area contributed by atoms with Gasteiger partial charge in [0.2, 0.25) is 0 Å². The van der Waals surface area contributed by atoms with E-state index in [-0.39, 0.29) is 6.29 Å². The molecule has 5 heteroatoms. The minimum Gasteiger partial charge on any atom is -0.465 e. The second-order valence-electron chi connectivity index (χ2n) is 4.29. The standard InChI is InChI=1S/C13H17NO4/c1-17-12(18-2)10-3-4-11-8-14(13(15)16)6-5-9(11)7-10/h3-4,7,12H,5-6,8H2,1-2H3,(H,15,16). The van der Waals surface area contributed by atoms with E-state index >= 15 is 0 Å². The minimum absolute atomic E-state index is 0.368. The van der Waals surface area contributed by atoms with E-state index in [1.165, 1.54) is 10.5 Å². The van der Waals surface area contributed by atoms with Crippen molar-refractivity contribution in [1.82, 2.24) is 4.90 Å². The van der Waals surface area contributed by atoms with Gasteiger partial charge in [0.25, 0.3) is 0 Å². The van der Waals surface area contributed by atoms with Crippen molar-refractivity contribution >= 4 is 6.09 Å². The van der Waals surface area contributed by atoms with Gasteiger partial charge >= 0.3 is 6.09 Å². The fourth-order valence-corrected chi connectivity index (χ4v) is 2.25. The lowest BCUT2D eigenvalue weighted by atomic mass is 9.97. The molecule has 0 fully saturated rings.